The Kier molecular flexibility index (Phi) is 6.51. The quantitative estimate of drug-likeness (QED) is 0.842. The molecule has 6 nitrogen and oxygen atoms in total. The van der Waals surface area contributed by atoms with Gasteiger partial charge in [0.25, 0.3) is 0 Å². The van der Waals surface area contributed by atoms with Gasteiger partial charge in [0.2, 0.25) is 11.8 Å². The maximum atomic E-state index is 12.6. The number of benzene rings is 1. The Morgan fingerprint density at radius 1 is 0.962 bits per heavy atom. The van der Waals surface area contributed by atoms with Crippen LogP contribution in [0, 0.1) is 11.8 Å². The number of hydrogen-bond acceptors (Lipinski definition) is 4. The van der Waals surface area contributed by atoms with E-state index in [0.29, 0.717) is 30.0 Å². The highest BCUT2D eigenvalue weighted by Crippen LogP contribution is 2.33. The van der Waals surface area contributed by atoms with E-state index >= 15 is 0 Å². The number of methoxy groups -OCH3 is 2. The van der Waals surface area contributed by atoms with Crippen LogP contribution in [-0.2, 0) is 9.59 Å². The summed E-state index contributed by atoms with van der Waals surface area (Å²) < 4.78 is 10.5. The largest absolute Gasteiger partial charge is 0.497 e. The van der Waals surface area contributed by atoms with E-state index in [9.17, 15) is 9.59 Å². The molecular formula is C20H30N2O4. The number of rotatable bonds is 5. The molecule has 0 heterocycles. The highest BCUT2D eigenvalue weighted by atomic mass is 16.5. The molecule has 1 aliphatic rings. The number of hydrogen-bond donors (Lipinski definition) is 2. The Labute approximate surface area is 155 Å². The fourth-order valence-corrected chi connectivity index (χ4v) is 3.23. The van der Waals surface area contributed by atoms with E-state index in [1.165, 1.54) is 0 Å². The molecule has 0 saturated heterocycles. The van der Waals surface area contributed by atoms with Crippen molar-refractivity contribution in [2.45, 2.75) is 52.0 Å². The number of carbonyl (C=O) groups excluding carboxylic acids is 2. The van der Waals surface area contributed by atoms with Crippen LogP contribution >= 0.6 is 0 Å². The summed E-state index contributed by atoms with van der Waals surface area (Å²) in [5.41, 5.74) is 0.404. The third kappa shape index (κ3) is 5.38. The van der Waals surface area contributed by atoms with Gasteiger partial charge in [0, 0.05) is 23.4 Å². The van der Waals surface area contributed by atoms with E-state index in [1.807, 2.05) is 20.8 Å². The highest BCUT2D eigenvalue weighted by molar-refractivity contribution is 5.94. The van der Waals surface area contributed by atoms with Crippen LogP contribution in [0.15, 0.2) is 18.2 Å². The van der Waals surface area contributed by atoms with Crippen LogP contribution in [0.1, 0.15) is 46.5 Å². The van der Waals surface area contributed by atoms with Gasteiger partial charge in [-0.05, 0) is 58.6 Å². The Bertz CT molecular complexity index is 644. The molecule has 144 valence electrons. The van der Waals surface area contributed by atoms with Crippen molar-refractivity contribution in [2.75, 3.05) is 19.5 Å². The zero-order valence-electron chi connectivity index (χ0n) is 16.3. The molecule has 6 heteroatoms. The highest BCUT2D eigenvalue weighted by Gasteiger charge is 2.31. The third-order valence-corrected chi connectivity index (χ3v) is 4.63. The van der Waals surface area contributed by atoms with Crippen molar-refractivity contribution < 1.29 is 19.1 Å². The minimum atomic E-state index is -0.226. The van der Waals surface area contributed by atoms with Crippen LogP contribution in [0.3, 0.4) is 0 Å². The average molecular weight is 362 g/mol. The lowest BCUT2D eigenvalue weighted by Gasteiger charge is -2.30. The first-order valence-electron chi connectivity index (χ1n) is 9.08. The molecule has 26 heavy (non-hydrogen) atoms. The second kappa shape index (κ2) is 8.43. The molecule has 0 aliphatic heterocycles. The molecule has 0 aromatic heterocycles. The zero-order chi connectivity index (χ0) is 19.3. The summed E-state index contributed by atoms with van der Waals surface area (Å²) in [6.45, 7) is 5.94. The van der Waals surface area contributed by atoms with E-state index in [-0.39, 0.29) is 29.2 Å². The van der Waals surface area contributed by atoms with Crippen LogP contribution in [0.5, 0.6) is 11.5 Å². The Balaban J connectivity index is 1.92. The first-order valence-corrected chi connectivity index (χ1v) is 9.08. The summed E-state index contributed by atoms with van der Waals surface area (Å²) in [5, 5.41) is 5.98. The van der Waals surface area contributed by atoms with Gasteiger partial charge in [0.1, 0.15) is 11.5 Å². The summed E-state index contributed by atoms with van der Waals surface area (Å²) in [6.07, 6.45) is 2.90. The summed E-state index contributed by atoms with van der Waals surface area (Å²) in [7, 11) is 3.14. The summed E-state index contributed by atoms with van der Waals surface area (Å²) in [6, 6.07) is 5.30. The molecule has 1 aliphatic carbocycles. The third-order valence-electron chi connectivity index (χ3n) is 4.63. The van der Waals surface area contributed by atoms with Crippen LogP contribution in [0.25, 0.3) is 0 Å². The van der Waals surface area contributed by atoms with Gasteiger partial charge in [-0.15, -0.1) is 0 Å². The lowest BCUT2D eigenvalue weighted by atomic mass is 9.81. The summed E-state index contributed by atoms with van der Waals surface area (Å²) in [5.74, 6) is 1.21. The van der Waals surface area contributed by atoms with E-state index < -0.39 is 0 Å². The van der Waals surface area contributed by atoms with Crippen molar-refractivity contribution in [2.24, 2.45) is 11.8 Å². The topological polar surface area (TPSA) is 76.7 Å². The maximum absolute atomic E-state index is 12.6. The van der Waals surface area contributed by atoms with Gasteiger partial charge < -0.3 is 20.1 Å². The Morgan fingerprint density at radius 2 is 1.54 bits per heavy atom. The van der Waals surface area contributed by atoms with Crippen molar-refractivity contribution >= 4 is 17.5 Å². The van der Waals surface area contributed by atoms with E-state index in [2.05, 4.69) is 10.6 Å². The molecule has 1 aromatic carbocycles. The van der Waals surface area contributed by atoms with E-state index in [1.54, 1.807) is 32.4 Å². The fraction of sp³-hybridized carbons (Fsp3) is 0.600. The molecule has 1 aromatic rings. The number of amides is 2. The van der Waals surface area contributed by atoms with Gasteiger partial charge in [-0.25, -0.2) is 0 Å². The first-order chi connectivity index (χ1) is 12.2. The van der Waals surface area contributed by atoms with E-state index in [0.717, 1.165) is 12.8 Å². The molecule has 0 spiro atoms. The molecule has 1 fully saturated rings. The Hall–Kier alpha value is -2.24. The monoisotopic (exact) mass is 362 g/mol. The SMILES string of the molecule is COc1ccc(NC(=O)C2CCC(C(=O)NC(C)(C)C)CC2)c(OC)c1. The second-order valence-electron chi connectivity index (χ2n) is 7.84. The minimum Gasteiger partial charge on any atom is -0.497 e. The van der Waals surface area contributed by atoms with Crippen LogP contribution in [0.4, 0.5) is 5.69 Å². The molecular weight excluding hydrogens is 332 g/mol. The lowest BCUT2D eigenvalue weighted by Crippen LogP contribution is -2.45. The van der Waals surface area contributed by atoms with Gasteiger partial charge in [-0.3, -0.25) is 9.59 Å². The predicted octanol–water partition coefficient (Wildman–Crippen LogP) is 3.36. The average Bonchev–Trinajstić information content (AvgIpc) is 2.60. The predicted molar refractivity (Wildman–Crippen MR) is 102 cm³/mol. The van der Waals surface area contributed by atoms with Crippen molar-refractivity contribution in [3.63, 3.8) is 0 Å². The van der Waals surface area contributed by atoms with Crippen molar-refractivity contribution in [3.05, 3.63) is 18.2 Å². The van der Waals surface area contributed by atoms with Gasteiger partial charge >= 0.3 is 0 Å². The van der Waals surface area contributed by atoms with Crippen molar-refractivity contribution in [1.82, 2.24) is 5.32 Å². The van der Waals surface area contributed by atoms with Gasteiger partial charge in [0.15, 0.2) is 0 Å². The smallest absolute Gasteiger partial charge is 0.227 e. The van der Waals surface area contributed by atoms with Gasteiger partial charge in [0.05, 0.1) is 19.9 Å². The van der Waals surface area contributed by atoms with E-state index in [4.69, 9.17) is 9.47 Å². The molecule has 2 N–H and O–H groups in total. The standard InChI is InChI=1S/C20H30N2O4/c1-20(2,3)22-19(24)14-8-6-13(7-9-14)18(23)21-16-11-10-15(25-4)12-17(16)26-5/h10-14H,6-9H2,1-5H3,(H,21,23)(H,22,24). The number of anilines is 1. The fourth-order valence-electron chi connectivity index (χ4n) is 3.23. The molecule has 0 unspecified atom stereocenters. The number of ether oxygens (including phenoxy) is 2. The second-order valence-corrected chi connectivity index (χ2v) is 7.84. The molecule has 0 radical (unpaired) electrons. The molecule has 1 saturated carbocycles. The number of nitrogens with one attached hydrogen (secondary N) is 2. The Morgan fingerprint density at radius 3 is 2.04 bits per heavy atom. The van der Waals surface area contributed by atoms with Gasteiger partial charge in [-0.2, -0.15) is 0 Å². The molecule has 0 bridgehead atoms. The lowest BCUT2D eigenvalue weighted by molar-refractivity contribution is -0.129. The minimum absolute atomic E-state index is 0.00574. The normalized spacial score (nSPS) is 20.2. The molecule has 2 amide bonds. The van der Waals surface area contributed by atoms with Crippen LogP contribution in [0.2, 0.25) is 0 Å². The summed E-state index contributed by atoms with van der Waals surface area (Å²) >= 11 is 0. The first kappa shape index (κ1) is 20.1. The summed E-state index contributed by atoms with van der Waals surface area (Å²) in [4.78, 5) is 24.9. The van der Waals surface area contributed by atoms with Gasteiger partial charge in [-0.1, -0.05) is 0 Å². The molecule has 2 rings (SSSR count). The number of carbonyl (C=O) groups is 2. The van der Waals surface area contributed by atoms with Crippen molar-refractivity contribution in [1.29, 1.82) is 0 Å². The maximum Gasteiger partial charge on any atom is 0.227 e. The van der Waals surface area contributed by atoms with Crippen LogP contribution < -0.4 is 20.1 Å². The van der Waals surface area contributed by atoms with Crippen LogP contribution in [-0.4, -0.2) is 31.6 Å². The molecule has 0 atom stereocenters. The zero-order valence-corrected chi connectivity index (χ0v) is 16.3. The van der Waals surface area contributed by atoms with Crippen molar-refractivity contribution in [3.8, 4) is 11.5 Å².